The van der Waals surface area contributed by atoms with Gasteiger partial charge >= 0.3 is 0 Å². The zero-order valence-electron chi connectivity index (χ0n) is 51.3. The second kappa shape index (κ2) is 30.9. The summed E-state index contributed by atoms with van der Waals surface area (Å²) in [7, 11) is -12.2. The third kappa shape index (κ3) is 29.5. The minimum Gasteiger partial charge on any atom is -0.0713 e. The van der Waals surface area contributed by atoms with Gasteiger partial charge in [-0.25, -0.2) is 0 Å². The first-order valence-corrected chi connectivity index (χ1v) is 70.8. The van der Waals surface area contributed by atoms with E-state index in [0.717, 1.165) is 0 Å². The first kappa shape index (κ1) is 68.3. The summed E-state index contributed by atoms with van der Waals surface area (Å²) in [4.78, 5) is 0. The van der Waals surface area contributed by atoms with Crippen molar-refractivity contribution in [2.75, 3.05) is 0 Å². The highest BCUT2D eigenvalue weighted by Gasteiger charge is 2.43. The molecule has 0 aromatic heterocycles. The van der Waals surface area contributed by atoms with Gasteiger partial charge in [0.1, 0.15) is 0 Å². The third-order valence-electron chi connectivity index (χ3n) is 17.6. The quantitative estimate of drug-likeness (QED) is 0.0579. The van der Waals surface area contributed by atoms with Crippen LogP contribution in [0.2, 0.25) is 302 Å². The fourth-order valence-electron chi connectivity index (χ4n) is 10.5. The van der Waals surface area contributed by atoms with Crippen molar-refractivity contribution in [3.8, 4) is 0 Å². The summed E-state index contributed by atoms with van der Waals surface area (Å²) in [6.45, 7) is 64.9. The van der Waals surface area contributed by atoms with Crippen molar-refractivity contribution >= 4 is 128 Å². The lowest BCUT2D eigenvalue weighted by Crippen LogP contribution is -2.54. The molecule has 1 aromatic rings. The molecule has 0 saturated carbocycles. The normalized spacial score (nSPS) is 14.3. The fraction of sp³-hybridized carbons (Fsp3) is 0.889. The SMILES string of the molecule is C[Si](C)CC[Si](C)(C)CC[Si](CC[Si](C)(C)CC[Si](C)C)(CC[Si](C)(C)CC[Si](C)C)c1ccc([Si](CC[Si](C)(C)CC[Si](C)C)(CC[Si](C)(C)CC[Si](C)C)CC[Si](C)(C)CC[Si](C)C)cc1. The van der Waals surface area contributed by atoms with Crippen LogP contribution in [0.3, 0.4) is 0 Å². The third-order valence-corrected chi connectivity index (χ3v) is 60.7. The highest BCUT2D eigenvalue weighted by Crippen LogP contribution is 2.40. The first-order valence-electron chi connectivity index (χ1n) is 28.8. The van der Waals surface area contributed by atoms with Gasteiger partial charge in [-0.15, -0.1) is 0 Å². The smallest absolute Gasteiger partial charge is 0.0713 e. The number of benzene rings is 1. The van der Waals surface area contributed by atoms with Gasteiger partial charge in [0.15, 0.2) is 0 Å². The molecule has 0 heterocycles. The first-order chi connectivity index (χ1) is 31.0. The van der Waals surface area contributed by atoms with Crippen LogP contribution < -0.4 is 10.4 Å². The zero-order valence-corrected chi connectivity index (χ0v) is 65.3. The van der Waals surface area contributed by atoms with E-state index in [2.05, 4.69) is 181 Å². The van der Waals surface area contributed by atoms with E-state index in [1.165, 1.54) is 0 Å². The molecule has 0 atom stereocenters. The maximum atomic E-state index is 2.96. The molecule has 0 aliphatic carbocycles. The van der Waals surface area contributed by atoms with Gasteiger partial charge in [0, 0.05) is 101 Å². The molecule has 0 nitrogen and oxygen atoms in total. The minimum absolute atomic E-state index is 0.162. The van der Waals surface area contributed by atoms with Crippen LogP contribution in [0, 0.1) is 0 Å². The molecule has 14 heteroatoms. The van der Waals surface area contributed by atoms with Crippen molar-refractivity contribution in [2.24, 2.45) is 0 Å². The van der Waals surface area contributed by atoms with Crippen LogP contribution in [-0.2, 0) is 0 Å². The maximum absolute atomic E-state index is 2.96. The lowest BCUT2D eigenvalue weighted by molar-refractivity contribution is 1.10. The van der Waals surface area contributed by atoms with Crippen LogP contribution in [0.25, 0.3) is 0 Å². The molecule has 6 radical (unpaired) electrons. The summed E-state index contributed by atoms with van der Waals surface area (Å²) in [5, 5.41) is 3.90. The van der Waals surface area contributed by atoms with Crippen molar-refractivity contribution < 1.29 is 0 Å². The molecule has 0 aliphatic rings. The van der Waals surface area contributed by atoms with E-state index in [1.54, 1.807) is 145 Å². The highest BCUT2D eigenvalue weighted by molar-refractivity contribution is 6.98. The molecule has 68 heavy (non-hydrogen) atoms. The largest absolute Gasteiger partial charge is 0.0858 e. The molecule has 0 spiro atoms. The minimum atomic E-state index is -1.79. The average Bonchev–Trinajstić information content (AvgIpc) is 3.22. The molecular weight excluding hydrogens is 1040 g/mol. The summed E-state index contributed by atoms with van der Waals surface area (Å²) in [5.74, 6) is 0. The van der Waals surface area contributed by atoms with Crippen molar-refractivity contribution in [1.82, 2.24) is 0 Å². The van der Waals surface area contributed by atoms with Gasteiger partial charge in [0.25, 0.3) is 0 Å². The Morgan fingerprint density at radius 2 is 0.353 bits per heavy atom. The van der Waals surface area contributed by atoms with Crippen LogP contribution in [0.5, 0.6) is 0 Å². The molecular formula is C54H124Si14. The summed E-state index contributed by atoms with van der Waals surface area (Å²) >= 11 is 0. The van der Waals surface area contributed by atoms with E-state index < -0.39 is 64.6 Å². The van der Waals surface area contributed by atoms with Crippen LogP contribution in [0.1, 0.15) is 0 Å². The number of hydrogen-bond acceptors (Lipinski definition) is 0. The Kier molecular flexibility index (Phi) is 31.0. The molecule has 0 fully saturated rings. The van der Waals surface area contributed by atoms with Gasteiger partial charge in [-0.05, 0) is 0 Å². The van der Waals surface area contributed by atoms with E-state index in [-0.39, 0.29) is 52.8 Å². The molecule has 396 valence electrons. The highest BCUT2D eigenvalue weighted by atomic mass is 28.4. The average molecular weight is 1170 g/mol. The van der Waals surface area contributed by atoms with Gasteiger partial charge in [0.05, 0.1) is 16.1 Å². The molecule has 1 aromatic carbocycles. The summed E-state index contributed by atoms with van der Waals surface area (Å²) in [6, 6.07) is 49.9. The molecule has 0 N–H and O–H groups in total. The fourth-order valence-corrected chi connectivity index (χ4v) is 73.0. The van der Waals surface area contributed by atoms with Gasteiger partial charge in [-0.1, -0.05) is 337 Å². The van der Waals surface area contributed by atoms with Crippen LogP contribution in [0.15, 0.2) is 24.3 Å². The molecule has 0 aliphatic heterocycles. The Labute approximate surface area is 450 Å². The number of rotatable bonds is 38. The molecule has 1 rings (SSSR count). The van der Waals surface area contributed by atoms with E-state index in [4.69, 9.17) is 0 Å². The van der Waals surface area contributed by atoms with Gasteiger partial charge in [-0.2, -0.15) is 0 Å². The Balaban J connectivity index is 4.24. The summed E-state index contributed by atoms with van der Waals surface area (Å²) < 4.78 is 0. The van der Waals surface area contributed by atoms with E-state index in [0.29, 0.717) is 0 Å². The van der Waals surface area contributed by atoms with Gasteiger partial charge in [-0.3, -0.25) is 0 Å². The number of hydrogen-bond donors (Lipinski definition) is 0. The van der Waals surface area contributed by atoms with Crippen molar-refractivity contribution in [3.63, 3.8) is 0 Å². The summed E-state index contributed by atoms with van der Waals surface area (Å²) in [5.41, 5.74) is 0. The second-order valence-corrected chi connectivity index (χ2v) is 89.1. The Bertz CT molecular complexity index is 1250. The molecule has 0 saturated heterocycles. The van der Waals surface area contributed by atoms with Crippen LogP contribution in [0.4, 0.5) is 0 Å². The van der Waals surface area contributed by atoms with Crippen molar-refractivity contribution in [1.29, 1.82) is 0 Å². The Morgan fingerprint density at radius 3 is 0.471 bits per heavy atom. The molecule has 0 bridgehead atoms. The van der Waals surface area contributed by atoms with E-state index in [1.807, 2.05) is 10.4 Å². The van der Waals surface area contributed by atoms with E-state index in [9.17, 15) is 0 Å². The standard InChI is InChI=1S/C54H124Si14/c1-55(2)29-35-61(13,14)41-47-67(48-42-62(15,16)36-30-56(3)4,49-43-63(17,18)37-31-57(5)6)53-25-27-54(28-26-53)68(50-44-64(19,20)38-32-58(7)8,51-45-65(21,22)39-33-59(9)10)52-46-66(23,24)40-34-60(11)12/h25-28H,29-52H2,1-24H3. The second-order valence-electron chi connectivity index (χ2n) is 30.4. The molecule has 0 amide bonds. The van der Waals surface area contributed by atoms with E-state index >= 15 is 0 Å². The Hall–Kier alpha value is 2.26. The zero-order chi connectivity index (χ0) is 52.4. The summed E-state index contributed by atoms with van der Waals surface area (Å²) in [6.07, 6.45) is 0. The lowest BCUT2D eigenvalue weighted by Gasteiger charge is -2.41. The van der Waals surface area contributed by atoms with Gasteiger partial charge in [0.2, 0.25) is 0 Å². The topological polar surface area (TPSA) is 0 Å². The predicted molar refractivity (Wildman–Crippen MR) is 362 cm³/mol. The van der Waals surface area contributed by atoms with Crippen molar-refractivity contribution in [3.05, 3.63) is 24.3 Å². The Morgan fingerprint density at radius 1 is 0.221 bits per heavy atom. The molecule has 0 unspecified atom stereocenters. The van der Waals surface area contributed by atoms with Crippen LogP contribution in [-0.4, -0.2) is 117 Å². The van der Waals surface area contributed by atoms with Gasteiger partial charge < -0.3 is 0 Å². The maximum Gasteiger partial charge on any atom is 0.0858 e. The van der Waals surface area contributed by atoms with Crippen molar-refractivity contribution in [2.45, 2.75) is 302 Å². The predicted octanol–water partition coefficient (Wildman–Crippen LogP) is 19.8. The van der Waals surface area contributed by atoms with Crippen LogP contribution >= 0.6 is 0 Å². The monoisotopic (exact) mass is 1160 g/mol. The lowest BCUT2D eigenvalue weighted by atomic mass is 10.4.